The molecule has 11 nitrogen and oxygen atoms in total. The fourth-order valence-electron chi connectivity index (χ4n) is 6.08. The van der Waals surface area contributed by atoms with Gasteiger partial charge < -0.3 is 35.1 Å². The van der Waals surface area contributed by atoms with Gasteiger partial charge in [0.05, 0.1) is 16.8 Å². The monoisotopic (exact) mass is 685 g/mol. The van der Waals surface area contributed by atoms with Gasteiger partial charge in [-0.15, -0.1) is 0 Å². The molecule has 2 fully saturated rings. The van der Waals surface area contributed by atoms with Gasteiger partial charge in [-0.05, 0) is 72.9 Å². The number of aromatic nitrogens is 2. The van der Waals surface area contributed by atoms with E-state index in [2.05, 4.69) is 20.8 Å². The van der Waals surface area contributed by atoms with E-state index in [-0.39, 0.29) is 75.1 Å². The molecule has 49 heavy (non-hydrogen) atoms. The number of anilines is 3. The van der Waals surface area contributed by atoms with Crippen LogP contribution in [0.15, 0.2) is 54.6 Å². The summed E-state index contributed by atoms with van der Waals surface area (Å²) in [4.78, 5) is 39.5. The van der Waals surface area contributed by atoms with Crippen LogP contribution in [0.25, 0.3) is 10.9 Å². The molecule has 3 N–H and O–H groups in total. The van der Waals surface area contributed by atoms with Crippen LogP contribution in [0.3, 0.4) is 0 Å². The second kappa shape index (κ2) is 13.7. The van der Waals surface area contributed by atoms with Crippen molar-refractivity contribution < 1.29 is 46.2 Å². The number of halogens is 5. The maximum atomic E-state index is 14.0. The minimum atomic E-state index is -5.25. The van der Waals surface area contributed by atoms with E-state index in [9.17, 15) is 41.4 Å². The lowest BCUT2D eigenvalue weighted by Gasteiger charge is -2.41. The zero-order valence-electron chi connectivity index (χ0n) is 25.8. The van der Waals surface area contributed by atoms with E-state index in [0.717, 1.165) is 11.0 Å². The molecule has 2 saturated heterocycles. The number of likely N-dealkylation sites (tertiary alicyclic amines) is 1. The molecule has 0 spiro atoms. The number of nitrogens with zero attached hydrogens (tertiary/aromatic N) is 3. The Hall–Kier alpha value is -5.25. The molecule has 0 bridgehead atoms. The first-order chi connectivity index (χ1) is 23.4. The van der Waals surface area contributed by atoms with Gasteiger partial charge in [-0.25, -0.2) is 8.78 Å². The number of fused-ring (bicyclic) bond motifs is 1. The average Bonchev–Trinajstić information content (AvgIpc) is 3.41. The van der Waals surface area contributed by atoms with Crippen LogP contribution < -0.4 is 20.6 Å². The fourth-order valence-corrected chi connectivity index (χ4v) is 6.08. The standard InChI is InChI=1S/C33H31F5N6O5/c34-21-10-19(11-22(35)13-21)9-18-1-4-27-26(12-18)29(42-41-27)40-30(45)25-3-2-23(39-15-20-16-43(17-20)32(47)48)14-28(25)44(31(46)33(36,37)38)24-5-7-49-8-6-24/h1-4,10-14,20,24,39H,5-9,15-17H2,(H,47,48)(H2,40,41,42,45)/p-1. The summed E-state index contributed by atoms with van der Waals surface area (Å²) in [6.45, 7) is 0.964. The molecule has 0 saturated carbocycles. The molecule has 0 radical (unpaired) electrons. The van der Waals surface area contributed by atoms with Crippen LogP contribution in [0.5, 0.6) is 0 Å². The van der Waals surface area contributed by atoms with Crippen LogP contribution in [0.2, 0.25) is 0 Å². The number of hydrogen-bond acceptors (Lipinski definition) is 7. The molecule has 2 aliphatic heterocycles. The maximum Gasteiger partial charge on any atom is 0.471 e. The van der Waals surface area contributed by atoms with Crippen LogP contribution in [0, 0.1) is 17.6 Å². The maximum absolute atomic E-state index is 14.0. The molecule has 3 amide bonds. The van der Waals surface area contributed by atoms with E-state index in [4.69, 9.17) is 4.74 Å². The molecule has 1 aromatic heterocycles. The van der Waals surface area contributed by atoms with Gasteiger partial charge in [-0.1, -0.05) is 6.07 Å². The predicted molar refractivity (Wildman–Crippen MR) is 166 cm³/mol. The zero-order chi connectivity index (χ0) is 34.9. The van der Waals surface area contributed by atoms with Crippen molar-refractivity contribution in [3.63, 3.8) is 0 Å². The average molecular weight is 686 g/mol. The Balaban J connectivity index is 1.31. The molecular weight excluding hydrogens is 655 g/mol. The summed E-state index contributed by atoms with van der Waals surface area (Å²) < 4.78 is 75.0. The van der Waals surface area contributed by atoms with Crippen molar-refractivity contribution in [2.75, 3.05) is 48.4 Å². The van der Waals surface area contributed by atoms with Gasteiger partial charge in [0.25, 0.3) is 5.91 Å². The molecule has 258 valence electrons. The Morgan fingerprint density at radius 2 is 1.69 bits per heavy atom. The van der Waals surface area contributed by atoms with Crippen LogP contribution in [0.4, 0.5) is 43.9 Å². The van der Waals surface area contributed by atoms with E-state index >= 15 is 0 Å². The van der Waals surface area contributed by atoms with E-state index in [1.54, 1.807) is 18.2 Å². The van der Waals surface area contributed by atoms with Crippen molar-refractivity contribution in [1.82, 2.24) is 15.1 Å². The quantitative estimate of drug-likeness (QED) is 0.221. The molecular formula is C33H30F5N6O5-. The first kappa shape index (κ1) is 33.6. The molecule has 2 aliphatic rings. The van der Waals surface area contributed by atoms with Gasteiger partial charge in [-0.2, -0.15) is 18.3 Å². The van der Waals surface area contributed by atoms with Gasteiger partial charge in [-0.3, -0.25) is 14.7 Å². The van der Waals surface area contributed by atoms with Gasteiger partial charge in [0.15, 0.2) is 5.82 Å². The molecule has 6 rings (SSSR count). The van der Waals surface area contributed by atoms with Crippen molar-refractivity contribution in [3.8, 4) is 0 Å². The molecule has 4 aromatic rings. The van der Waals surface area contributed by atoms with Gasteiger partial charge >= 0.3 is 12.1 Å². The SMILES string of the molecule is O=C(Nc1n[nH]c2ccc(Cc3cc(F)cc(F)c3)cc12)c1ccc(NCC2CN(C(=O)[O-])C2)cc1N(C(=O)C(F)(F)F)C1CCOCC1. The topological polar surface area (TPSA) is 143 Å². The summed E-state index contributed by atoms with van der Waals surface area (Å²) in [6.07, 6.45) is -6.19. The number of rotatable bonds is 9. The van der Waals surface area contributed by atoms with Crippen molar-refractivity contribution in [2.24, 2.45) is 5.92 Å². The summed E-state index contributed by atoms with van der Waals surface area (Å²) in [5.74, 6) is -4.48. The van der Waals surface area contributed by atoms with Crippen molar-refractivity contribution >= 4 is 46.0 Å². The second-order valence-electron chi connectivity index (χ2n) is 12.0. The molecule has 0 aliphatic carbocycles. The Kier molecular flexibility index (Phi) is 9.41. The predicted octanol–water partition coefficient (Wildman–Crippen LogP) is 4.45. The van der Waals surface area contributed by atoms with Crippen molar-refractivity contribution in [2.45, 2.75) is 31.5 Å². The van der Waals surface area contributed by atoms with Gasteiger partial charge in [0.1, 0.15) is 17.7 Å². The molecule has 16 heteroatoms. The zero-order valence-corrected chi connectivity index (χ0v) is 25.8. The van der Waals surface area contributed by atoms with Crippen LogP contribution in [-0.4, -0.2) is 78.1 Å². The van der Waals surface area contributed by atoms with Crippen LogP contribution in [-0.2, 0) is 16.0 Å². The van der Waals surface area contributed by atoms with E-state index in [1.165, 1.54) is 30.3 Å². The lowest BCUT2D eigenvalue weighted by molar-refractivity contribution is -0.271. The number of hydrogen-bond donors (Lipinski definition) is 3. The normalized spacial score (nSPS) is 15.6. The third kappa shape index (κ3) is 7.58. The van der Waals surface area contributed by atoms with E-state index < -0.39 is 41.8 Å². The Labute approximate surface area is 276 Å². The summed E-state index contributed by atoms with van der Waals surface area (Å²) >= 11 is 0. The minimum Gasteiger partial charge on any atom is -0.530 e. The highest BCUT2D eigenvalue weighted by molar-refractivity contribution is 6.13. The Morgan fingerprint density at radius 1 is 0.980 bits per heavy atom. The molecule has 3 aromatic carbocycles. The number of benzene rings is 3. The lowest BCUT2D eigenvalue weighted by atomic mass is 10.00. The third-order valence-electron chi connectivity index (χ3n) is 8.52. The molecule has 0 unspecified atom stereocenters. The van der Waals surface area contributed by atoms with E-state index in [0.29, 0.717) is 32.6 Å². The molecule has 3 heterocycles. The number of ether oxygens (including phenoxy) is 1. The van der Waals surface area contributed by atoms with Crippen molar-refractivity contribution in [3.05, 3.63) is 82.9 Å². The number of carbonyl (C=O) groups excluding carboxylic acids is 3. The Morgan fingerprint density at radius 3 is 2.37 bits per heavy atom. The number of carboxylic acid groups (broad SMARTS) is 1. The van der Waals surface area contributed by atoms with Crippen LogP contribution in [0.1, 0.15) is 34.3 Å². The number of amides is 3. The van der Waals surface area contributed by atoms with Gasteiger partial charge in [0, 0.05) is 61.9 Å². The molecule has 0 atom stereocenters. The summed E-state index contributed by atoms with van der Waals surface area (Å²) in [5, 5.41) is 24.1. The second-order valence-corrected chi connectivity index (χ2v) is 12.0. The first-order valence-corrected chi connectivity index (χ1v) is 15.4. The number of aromatic amines is 1. The fraction of sp³-hybridized carbons (Fsp3) is 0.333. The first-order valence-electron chi connectivity index (χ1n) is 15.4. The van der Waals surface area contributed by atoms with Crippen LogP contribution >= 0.6 is 0 Å². The number of alkyl halides is 3. The number of H-pyrrole nitrogens is 1. The third-order valence-corrected chi connectivity index (χ3v) is 8.52. The minimum absolute atomic E-state index is 0.0441. The summed E-state index contributed by atoms with van der Waals surface area (Å²) in [5.41, 5.74) is 1.32. The van der Waals surface area contributed by atoms with Crippen molar-refractivity contribution in [1.29, 1.82) is 0 Å². The smallest absolute Gasteiger partial charge is 0.471 e. The largest absolute Gasteiger partial charge is 0.530 e. The number of nitrogens with one attached hydrogen (secondary N) is 3. The van der Waals surface area contributed by atoms with Gasteiger partial charge in [0.2, 0.25) is 0 Å². The number of carbonyl (C=O) groups is 3. The lowest BCUT2D eigenvalue weighted by Crippen LogP contribution is -2.56. The highest BCUT2D eigenvalue weighted by Gasteiger charge is 2.46. The van der Waals surface area contributed by atoms with E-state index in [1.807, 2.05) is 0 Å². The summed E-state index contributed by atoms with van der Waals surface area (Å²) in [7, 11) is 0. The highest BCUT2D eigenvalue weighted by Crippen LogP contribution is 2.35. The Bertz CT molecular complexity index is 1870. The highest BCUT2D eigenvalue weighted by atomic mass is 19.4. The summed E-state index contributed by atoms with van der Waals surface area (Å²) in [6, 6.07) is 11.4.